The molecule has 0 saturated carbocycles. The molecule has 4 heteroatoms. The molecule has 0 aromatic heterocycles. The summed E-state index contributed by atoms with van der Waals surface area (Å²) >= 11 is 0. The molecule has 1 aromatic rings. The topological polar surface area (TPSA) is 30.5 Å². The second kappa shape index (κ2) is 7.23. The van der Waals surface area contributed by atoms with Gasteiger partial charge in [-0.05, 0) is 59.7 Å². The standard InChI is InChI=1S/C17H28FNO2/c1-16(2,3)19-12-13-11-14(18)7-8-15(13)20-9-10-21-17(4,5)6/h7-8,11,19H,9-10,12H2,1-6H3. The second-order valence-electron chi connectivity index (χ2n) is 7.16. The number of rotatable bonds is 6. The first-order valence-electron chi connectivity index (χ1n) is 7.37. The summed E-state index contributed by atoms with van der Waals surface area (Å²) in [6, 6.07) is 4.60. The van der Waals surface area contributed by atoms with Crippen LogP contribution in [0.2, 0.25) is 0 Å². The molecule has 0 unspecified atom stereocenters. The minimum Gasteiger partial charge on any atom is -0.491 e. The average molecular weight is 297 g/mol. The van der Waals surface area contributed by atoms with Crippen molar-refractivity contribution >= 4 is 0 Å². The molecule has 0 radical (unpaired) electrons. The number of nitrogens with one attached hydrogen (secondary N) is 1. The quantitative estimate of drug-likeness (QED) is 0.808. The lowest BCUT2D eigenvalue weighted by atomic mass is 10.1. The van der Waals surface area contributed by atoms with Crippen LogP contribution in [0.25, 0.3) is 0 Å². The molecular weight excluding hydrogens is 269 g/mol. The molecule has 1 aromatic carbocycles. The van der Waals surface area contributed by atoms with Crippen molar-refractivity contribution in [1.82, 2.24) is 5.32 Å². The zero-order valence-corrected chi connectivity index (χ0v) is 14.0. The molecule has 0 bridgehead atoms. The fraction of sp³-hybridized carbons (Fsp3) is 0.647. The van der Waals surface area contributed by atoms with Gasteiger partial charge in [0.2, 0.25) is 0 Å². The molecule has 0 saturated heterocycles. The summed E-state index contributed by atoms with van der Waals surface area (Å²) in [5.74, 6) is 0.449. The Morgan fingerprint density at radius 2 is 1.71 bits per heavy atom. The lowest BCUT2D eigenvalue weighted by Gasteiger charge is -2.22. The highest BCUT2D eigenvalue weighted by Gasteiger charge is 2.13. The van der Waals surface area contributed by atoms with Gasteiger partial charge < -0.3 is 14.8 Å². The fourth-order valence-corrected chi connectivity index (χ4v) is 1.69. The van der Waals surface area contributed by atoms with Crippen molar-refractivity contribution in [3.05, 3.63) is 29.6 Å². The normalized spacial score (nSPS) is 12.5. The first kappa shape index (κ1) is 17.9. The number of ether oxygens (including phenoxy) is 2. The van der Waals surface area contributed by atoms with Crippen molar-refractivity contribution in [2.75, 3.05) is 13.2 Å². The van der Waals surface area contributed by atoms with Crippen LogP contribution in [0.5, 0.6) is 5.75 Å². The number of hydrogen-bond acceptors (Lipinski definition) is 3. The van der Waals surface area contributed by atoms with E-state index in [2.05, 4.69) is 26.1 Å². The van der Waals surface area contributed by atoms with Gasteiger partial charge in [-0.1, -0.05) is 0 Å². The van der Waals surface area contributed by atoms with Crippen LogP contribution < -0.4 is 10.1 Å². The Hall–Kier alpha value is -1.13. The highest BCUT2D eigenvalue weighted by atomic mass is 19.1. The van der Waals surface area contributed by atoms with E-state index < -0.39 is 0 Å². The van der Waals surface area contributed by atoms with Crippen molar-refractivity contribution in [1.29, 1.82) is 0 Å². The zero-order chi connectivity index (χ0) is 16.1. The maximum Gasteiger partial charge on any atom is 0.124 e. The smallest absolute Gasteiger partial charge is 0.124 e. The molecule has 1 N–H and O–H groups in total. The van der Waals surface area contributed by atoms with Crippen molar-refractivity contribution in [2.24, 2.45) is 0 Å². The van der Waals surface area contributed by atoms with Crippen LogP contribution in [-0.2, 0) is 11.3 Å². The van der Waals surface area contributed by atoms with Gasteiger partial charge in [-0.25, -0.2) is 4.39 Å². The summed E-state index contributed by atoms with van der Waals surface area (Å²) in [4.78, 5) is 0. The predicted octanol–water partition coefficient (Wildman–Crippen LogP) is 3.91. The molecule has 1 rings (SSSR count). The maximum absolute atomic E-state index is 13.4. The first-order chi connectivity index (χ1) is 9.57. The Kier molecular flexibility index (Phi) is 6.17. The number of hydrogen-bond donors (Lipinski definition) is 1. The molecule has 0 heterocycles. The van der Waals surface area contributed by atoms with Gasteiger partial charge in [0.05, 0.1) is 12.2 Å². The van der Waals surface area contributed by atoms with Gasteiger partial charge in [-0.3, -0.25) is 0 Å². The SMILES string of the molecule is CC(C)(C)NCc1cc(F)ccc1OCCOC(C)(C)C. The van der Waals surface area contributed by atoms with E-state index in [0.717, 1.165) is 5.56 Å². The number of halogens is 1. The van der Waals surface area contributed by atoms with E-state index in [0.29, 0.717) is 25.5 Å². The Balaban J connectivity index is 2.60. The Morgan fingerprint density at radius 3 is 2.29 bits per heavy atom. The van der Waals surface area contributed by atoms with Crippen LogP contribution in [0, 0.1) is 5.82 Å². The van der Waals surface area contributed by atoms with Gasteiger partial charge >= 0.3 is 0 Å². The third kappa shape index (κ3) is 8.02. The van der Waals surface area contributed by atoms with Crippen LogP contribution in [0.1, 0.15) is 47.1 Å². The van der Waals surface area contributed by atoms with E-state index in [4.69, 9.17) is 9.47 Å². The Labute approximate surface area is 127 Å². The summed E-state index contributed by atoms with van der Waals surface area (Å²) < 4.78 is 24.7. The van der Waals surface area contributed by atoms with E-state index in [1.165, 1.54) is 12.1 Å². The van der Waals surface area contributed by atoms with Crippen LogP contribution in [0.3, 0.4) is 0 Å². The molecule has 21 heavy (non-hydrogen) atoms. The van der Waals surface area contributed by atoms with E-state index in [1.807, 2.05) is 20.8 Å². The van der Waals surface area contributed by atoms with Gasteiger partial charge in [0.25, 0.3) is 0 Å². The lowest BCUT2D eigenvalue weighted by Crippen LogP contribution is -2.35. The molecule has 0 atom stereocenters. The van der Waals surface area contributed by atoms with Gasteiger partial charge in [0.15, 0.2) is 0 Å². The second-order valence-corrected chi connectivity index (χ2v) is 7.16. The summed E-state index contributed by atoms with van der Waals surface area (Å²) in [5.41, 5.74) is 0.613. The van der Waals surface area contributed by atoms with Gasteiger partial charge in [0, 0.05) is 17.6 Å². The zero-order valence-electron chi connectivity index (χ0n) is 14.0. The van der Waals surface area contributed by atoms with Gasteiger partial charge in [-0.15, -0.1) is 0 Å². The van der Waals surface area contributed by atoms with E-state index in [9.17, 15) is 4.39 Å². The van der Waals surface area contributed by atoms with Gasteiger partial charge in [-0.2, -0.15) is 0 Å². The monoisotopic (exact) mass is 297 g/mol. The van der Waals surface area contributed by atoms with Crippen LogP contribution in [0.15, 0.2) is 18.2 Å². The van der Waals surface area contributed by atoms with Crippen LogP contribution in [-0.4, -0.2) is 24.4 Å². The van der Waals surface area contributed by atoms with Crippen LogP contribution >= 0.6 is 0 Å². The van der Waals surface area contributed by atoms with E-state index in [-0.39, 0.29) is 17.0 Å². The fourth-order valence-electron chi connectivity index (χ4n) is 1.69. The summed E-state index contributed by atoms with van der Waals surface area (Å²) in [5, 5.41) is 3.34. The Bertz CT molecular complexity index is 447. The van der Waals surface area contributed by atoms with Crippen molar-refractivity contribution in [3.63, 3.8) is 0 Å². The molecule has 3 nitrogen and oxygen atoms in total. The van der Waals surface area contributed by atoms with Gasteiger partial charge in [0.1, 0.15) is 18.2 Å². The van der Waals surface area contributed by atoms with Crippen molar-refractivity contribution in [2.45, 2.75) is 59.2 Å². The molecule has 0 fully saturated rings. The molecule has 0 amide bonds. The van der Waals surface area contributed by atoms with Crippen molar-refractivity contribution in [3.8, 4) is 5.75 Å². The predicted molar refractivity (Wildman–Crippen MR) is 84.2 cm³/mol. The summed E-state index contributed by atoms with van der Waals surface area (Å²) in [6.07, 6.45) is 0. The molecule has 0 spiro atoms. The van der Waals surface area contributed by atoms with Crippen LogP contribution in [0.4, 0.5) is 4.39 Å². The van der Waals surface area contributed by atoms with Crippen molar-refractivity contribution < 1.29 is 13.9 Å². The highest BCUT2D eigenvalue weighted by Crippen LogP contribution is 2.20. The van der Waals surface area contributed by atoms with E-state index in [1.54, 1.807) is 6.07 Å². The molecule has 120 valence electrons. The lowest BCUT2D eigenvalue weighted by molar-refractivity contribution is -0.0164. The summed E-state index contributed by atoms with van der Waals surface area (Å²) in [6.45, 7) is 13.8. The minimum atomic E-state index is -0.251. The number of benzene rings is 1. The highest BCUT2D eigenvalue weighted by molar-refractivity contribution is 5.34. The Morgan fingerprint density at radius 1 is 1.05 bits per heavy atom. The average Bonchev–Trinajstić information content (AvgIpc) is 2.31. The first-order valence-corrected chi connectivity index (χ1v) is 7.37. The van der Waals surface area contributed by atoms with E-state index >= 15 is 0 Å². The molecule has 0 aliphatic heterocycles. The minimum absolute atomic E-state index is 0.0288. The maximum atomic E-state index is 13.4. The summed E-state index contributed by atoms with van der Waals surface area (Å²) in [7, 11) is 0. The molecule has 0 aliphatic carbocycles. The molecule has 0 aliphatic rings. The largest absolute Gasteiger partial charge is 0.491 e. The third-order valence-electron chi connectivity index (χ3n) is 2.71. The third-order valence-corrected chi connectivity index (χ3v) is 2.71. The molecular formula is C17H28FNO2.